The van der Waals surface area contributed by atoms with Crippen molar-refractivity contribution in [2.45, 2.75) is 45.4 Å². The molecule has 0 saturated heterocycles. The predicted octanol–water partition coefficient (Wildman–Crippen LogP) is 7.21. The quantitative estimate of drug-likeness (QED) is 0.303. The van der Waals surface area contributed by atoms with E-state index >= 15 is 0 Å². The number of thioether (sulfide) groups is 1. The van der Waals surface area contributed by atoms with Crippen molar-refractivity contribution in [2.24, 2.45) is 0 Å². The van der Waals surface area contributed by atoms with Crippen LogP contribution in [0.15, 0.2) is 47.0 Å². The predicted molar refractivity (Wildman–Crippen MR) is 123 cm³/mol. The van der Waals surface area contributed by atoms with E-state index in [0.717, 1.165) is 33.7 Å². The summed E-state index contributed by atoms with van der Waals surface area (Å²) >= 11 is 1.45. The summed E-state index contributed by atoms with van der Waals surface area (Å²) in [5.41, 5.74) is 4.72. The van der Waals surface area contributed by atoms with Gasteiger partial charge >= 0.3 is 12.3 Å². The highest BCUT2D eigenvalue weighted by Crippen LogP contribution is 2.41. The first-order valence-electron chi connectivity index (χ1n) is 10.2. The van der Waals surface area contributed by atoms with Gasteiger partial charge in [0.05, 0.1) is 17.9 Å². The van der Waals surface area contributed by atoms with Gasteiger partial charge < -0.3 is 14.4 Å². The maximum atomic E-state index is 12.8. The average Bonchev–Trinajstić information content (AvgIpc) is 2.72. The Morgan fingerprint density at radius 3 is 2.31 bits per heavy atom. The molecule has 0 N–H and O–H groups in total. The lowest BCUT2D eigenvalue weighted by Gasteiger charge is -2.25. The van der Waals surface area contributed by atoms with Gasteiger partial charge in [-0.25, -0.2) is 4.79 Å². The lowest BCUT2D eigenvalue weighted by atomic mass is 9.95. The molecule has 0 aliphatic carbocycles. The lowest BCUT2D eigenvalue weighted by Crippen LogP contribution is -2.17. The number of nitrogens with zero attached hydrogens (tertiary/aromatic N) is 1. The number of allylic oxidation sites excluding steroid dienone is 1. The number of anilines is 1. The fraction of sp³-hybridized carbons (Fsp3) is 0.375. The molecule has 0 atom stereocenters. The largest absolute Gasteiger partial charge is 0.573 e. The molecule has 0 spiro atoms. The number of hydrogen-bond donors (Lipinski definition) is 0. The van der Waals surface area contributed by atoms with Crippen LogP contribution in [0.4, 0.5) is 18.9 Å². The third kappa shape index (κ3) is 6.22. The molecule has 0 amide bonds. The van der Waals surface area contributed by atoms with E-state index in [-0.39, 0.29) is 12.4 Å². The number of carbonyl (C=O) groups is 1. The molecule has 32 heavy (non-hydrogen) atoms. The Balaban J connectivity index is 2.71. The first kappa shape index (κ1) is 25.6. The molecule has 0 fully saturated rings. The Morgan fingerprint density at radius 2 is 1.81 bits per heavy atom. The third-order valence-corrected chi connectivity index (χ3v) is 5.75. The van der Waals surface area contributed by atoms with Crippen molar-refractivity contribution in [1.29, 1.82) is 0 Å². The zero-order valence-electron chi connectivity index (χ0n) is 19.1. The van der Waals surface area contributed by atoms with Gasteiger partial charge in [-0.2, -0.15) is 0 Å². The van der Waals surface area contributed by atoms with E-state index in [4.69, 9.17) is 4.74 Å². The number of benzene rings is 2. The fourth-order valence-electron chi connectivity index (χ4n) is 3.36. The van der Waals surface area contributed by atoms with E-state index < -0.39 is 12.3 Å². The van der Waals surface area contributed by atoms with Crippen LogP contribution >= 0.6 is 11.8 Å². The second-order valence-electron chi connectivity index (χ2n) is 7.21. The first-order chi connectivity index (χ1) is 15.0. The number of ether oxygens (including phenoxy) is 2. The Hall–Kier alpha value is -2.61. The average molecular weight is 468 g/mol. The zero-order chi connectivity index (χ0) is 24.1. The molecular formula is C24H28F3NO3S. The van der Waals surface area contributed by atoms with Crippen LogP contribution in [-0.4, -0.2) is 32.2 Å². The molecule has 0 unspecified atom stereocenters. The summed E-state index contributed by atoms with van der Waals surface area (Å²) in [5.74, 6) is -0.745. The maximum Gasteiger partial charge on any atom is 0.573 e. The van der Waals surface area contributed by atoms with E-state index in [1.807, 2.05) is 38.3 Å². The van der Waals surface area contributed by atoms with Crippen molar-refractivity contribution in [3.05, 3.63) is 53.2 Å². The number of carbonyl (C=O) groups excluding carboxylic acids is 1. The van der Waals surface area contributed by atoms with Crippen LogP contribution in [0.1, 0.15) is 43.1 Å². The van der Waals surface area contributed by atoms with Gasteiger partial charge in [0.2, 0.25) is 0 Å². The Kier molecular flexibility index (Phi) is 8.66. The number of rotatable bonds is 8. The highest BCUT2D eigenvalue weighted by molar-refractivity contribution is 7.98. The summed E-state index contributed by atoms with van der Waals surface area (Å²) in [5, 5.41) is 0. The van der Waals surface area contributed by atoms with Crippen molar-refractivity contribution >= 4 is 23.4 Å². The topological polar surface area (TPSA) is 38.8 Å². The first-order valence-corrected chi connectivity index (χ1v) is 11.4. The summed E-state index contributed by atoms with van der Waals surface area (Å²) in [4.78, 5) is 15.5. The SMILES string of the molecule is CCOC(=O)c1cc(-c2ccc(OC(F)(F)F)cc2)c(C)c(N(C)/C=C(\C)CC)c1SC. The van der Waals surface area contributed by atoms with Gasteiger partial charge in [-0.05, 0) is 68.3 Å². The standard InChI is InChI=1S/C24H28F3NO3S/c1-7-15(3)14-28(5)21-16(4)19(13-20(22(21)32-6)23(29)30-8-2)17-9-11-18(12-10-17)31-24(25,26)27/h9-14H,7-8H2,1-6H3/b15-14+. The van der Waals surface area contributed by atoms with Crippen molar-refractivity contribution in [1.82, 2.24) is 0 Å². The highest BCUT2D eigenvalue weighted by Gasteiger charge is 2.31. The van der Waals surface area contributed by atoms with Gasteiger partial charge in [0.25, 0.3) is 0 Å². The monoisotopic (exact) mass is 467 g/mol. The minimum Gasteiger partial charge on any atom is -0.462 e. The van der Waals surface area contributed by atoms with Crippen LogP contribution in [0.2, 0.25) is 0 Å². The van der Waals surface area contributed by atoms with Crippen molar-refractivity contribution in [3.8, 4) is 16.9 Å². The van der Waals surface area contributed by atoms with Crippen molar-refractivity contribution < 1.29 is 27.4 Å². The van der Waals surface area contributed by atoms with Crippen LogP contribution in [0, 0.1) is 6.92 Å². The molecule has 2 aromatic rings. The second-order valence-corrected chi connectivity index (χ2v) is 8.03. The summed E-state index contributed by atoms with van der Waals surface area (Å²) in [7, 11) is 1.92. The molecular weight excluding hydrogens is 439 g/mol. The molecule has 0 heterocycles. The molecule has 0 aliphatic rings. The molecule has 0 bridgehead atoms. The molecule has 174 valence electrons. The molecule has 0 aliphatic heterocycles. The van der Waals surface area contributed by atoms with Crippen LogP contribution < -0.4 is 9.64 Å². The number of esters is 1. The van der Waals surface area contributed by atoms with E-state index in [2.05, 4.69) is 11.7 Å². The number of hydrogen-bond acceptors (Lipinski definition) is 5. The summed E-state index contributed by atoms with van der Waals surface area (Å²) in [6, 6.07) is 7.37. The highest BCUT2D eigenvalue weighted by atomic mass is 32.2. The summed E-state index contributed by atoms with van der Waals surface area (Å²) in [6.45, 7) is 8.00. The van der Waals surface area contributed by atoms with Gasteiger partial charge in [0.15, 0.2) is 0 Å². The summed E-state index contributed by atoms with van der Waals surface area (Å²) in [6.07, 6.45) is 0.0339. The van der Waals surface area contributed by atoms with Crippen LogP contribution in [0.25, 0.3) is 11.1 Å². The number of alkyl halides is 3. The molecule has 2 rings (SSSR count). The van der Waals surface area contributed by atoms with Crippen LogP contribution in [0.3, 0.4) is 0 Å². The molecule has 0 radical (unpaired) electrons. The van der Waals surface area contributed by atoms with Gasteiger partial charge in [0.1, 0.15) is 5.75 Å². The van der Waals surface area contributed by atoms with Gasteiger partial charge in [-0.3, -0.25) is 0 Å². The number of halogens is 3. The van der Waals surface area contributed by atoms with Gasteiger partial charge in [0, 0.05) is 18.1 Å². The Bertz CT molecular complexity index is 985. The molecule has 0 aromatic heterocycles. The van der Waals surface area contributed by atoms with Crippen molar-refractivity contribution in [3.63, 3.8) is 0 Å². The minimum absolute atomic E-state index is 0.235. The van der Waals surface area contributed by atoms with Gasteiger partial charge in [-0.15, -0.1) is 24.9 Å². The van der Waals surface area contributed by atoms with Crippen molar-refractivity contribution in [2.75, 3.05) is 24.8 Å². The summed E-state index contributed by atoms with van der Waals surface area (Å²) < 4.78 is 46.8. The Labute approximate surface area is 191 Å². The van der Waals surface area contributed by atoms with E-state index in [1.165, 1.54) is 23.9 Å². The third-order valence-electron chi connectivity index (χ3n) is 4.93. The van der Waals surface area contributed by atoms with E-state index in [9.17, 15) is 18.0 Å². The normalized spacial score (nSPS) is 12.0. The maximum absolute atomic E-state index is 12.8. The zero-order valence-corrected chi connectivity index (χ0v) is 19.9. The Morgan fingerprint density at radius 1 is 1.19 bits per heavy atom. The molecule has 8 heteroatoms. The minimum atomic E-state index is -4.76. The van der Waals surface area contributed by atoms with E-state index in [1.54, 1.807) is 25.1 Å². The molecule has 0 saturated carbocycles. The van der Waals surface area contributed by atoms with Crippen LogP contribution in [0.5, 0.6) is 5.75 Å². The van der Waals surface area contributed by atoms with Crippen LogP contribution in [-0.2, 0) is 4.74 Å². The lowest BCUT2D eigenvalue weighted by molar-refractivity contribution is -0.274. The fourth-order valence-corrected chi connectivity index (χ4v) is 4.21. The molecule has 2 aromatic carbocycles. The van der Waals surface area contributed by atoms with Gasteiger partial charge in [-0.1, -0.05) is 24.6 Å². The van der Waals surface area contributed by atoms with E-state index in [0.29, 0.717) is 11.1 Å². The smallest absolute Gasteiger partial charge is 0.462 e. The second kappa shape index (κ2) is 10.8. The molecule has 4 nitrogen and oxygen atoms in total.